The quantitative estimate of drug-likeness (QED) is 0.516. The van der Waals surface area contributed by atoms with E-state index >= 15 is 0 Å². The molecular weight excluding hydrogens is 354 g/mol. The number of carbonyl (C=O) groups is 2. The van der Waals surface area contributed by atoms with Crippen molar-refractivity contribution in [1.29, 1.82) is 0 Å². The van der Waals surface area contributed by atoms with Gasteiger partial charge in [-0.05, 0) is 37.0 Å². The molecule has 7 heteroatoms. The number of rotatable bonds is 9. The molecular formula is C19H24ClN3O3. The number of carbonyl (C=O) groups excluding carboxylic acids is 1. The number of Topliss-reactive ketones (excluding diaryl/α,β-unsaturated/α-hetero) is 1. The third-order valence-electron chi connectivity index (χ3n) is 3.93. The van der Waals surface area contributed by atoms with Crippen LogP contribution in [0, 0.1) is 0 Å². The highest BCUT2D eigenvalue weighted by molar-refractivity contribution is 5.98. The van der Waals surface area contributed by atoms with Crippen LogP contribution in [0.25, 0.3) is 0 Å². The topological polar surface area (TPSA) is 96.5 Å². The van der Waals surface area contributed by atoms with E-state index in [-0.39, 0.29) is 18.2 Å². The van der Waals surface area contributed by atoms with Gasteiger partial charge in [-0.3, -0.25) is 9.78 Å². The number of aromatic nitrogens is 1. The minimum Gasteiger partial charge on any atom is -0.465 e. The summed E-state index contributed by atoms with van der Waals surface area (Å²) in [4.78, 5) is 28.9. The SMILES string of the molecule is Cl.N[C@@H](CCCCN(Cc1ccccc1)C(=O)O)C(=O)c1ccccn1. The first-order valence-electron chi connectivity index (χ1n) is 8.30. The number of benzene rings is 1. The first-order chi connectivity index (χ1) is 12.1. The minimum atomic E-state index is -0.947. The van der Waals surface area contributed by atoms with Crippen molar-refractivity contribution in [2.24, 2.45) is 5.73 Å². The van der Waals surface area contributed by atoms with Gasteiger partial charge in [-0.2, -0.15) is 0 Å². The predicted molar refractivity (Wildman–Crippen MR) is 103 cm³/mol. The summed E-state index contributed by atoms with van der Waals surface area (Å²) in [5.41, 5.74) is 7.25. The van der Waals surface area contributed by atoms with Crippen molar-refractivity contribution in [3.05, 3.63) is 66.0 Å². The highest BCUT2D eigenvalue weighted by atomic mass is 35.5. The van der Waals surface area contributed by atoms with E-state index < -0.39 is 12.1 Å². The molecule has 26 heavy (non-hydrogen) atoms. The second-order valence-corrected chi connectivity index (χ2v) is 5.87. The Labute approximate surface area is 159 Å². The number of unbranched alkanes of at least 4 members (excludes halogenated alkanes) is 1. The lowest BCUT2D eigenvalue weighted by Crippen LogP contribution is -2.32. The number of pyridine rings is 1. The Morgan fingerprint density at radius 1 is 1.08 bits per heavy atom. The summed E-state index contributed by atoms with van der Waals surface area (Å²) in [5.74, 6) is -0.181. The van der Waals surface area contributed by atoms with E-state index in [0.29, 0.717) is 38.0 Å². The van der Waals surface area contributed by atoms with E-state index in [4.69, 9.17) is 5.73 Å². The van der Waals surface area contributed by atoms with E-state index in [1.54, 1.807) is 24.4 Å². The number of hydrogen-bond acceptors (Lipinski definition) is 4. The normalized spacial score (nSPS) is 11.3. The molecule has 140 valence electrons. The molecule has 0 unspecified atom stereocenters. The molecule has 0 radical (unpaired) electrons. The number of amides is 1. The molecule has 1 atom stereocenters. The van der Waals surface area contributed by atoms with Crippen LogP contribution in [-0.2, 0) is 6.54 Å². The van der Waals surface area contributed by atoms with Gasteiger partial charge in [0.2, 0.25) is 0 Å². The highest BCUT2D eigenvalue weighted by Gasteiger charge is 2.17. The molecule has 0 aliphatic carbocycles. The number of halogens is 1. The molecule has 2 rings (SSSR count). The van der Waals surface area contributed by atoms with Gasteiger partial charge in [0.15, 0.2) is 5.78 Å². The number of nitrogens with two attached hydrogens (primary N) is 1. The van der Waals surface area contributed by atoms with Gasteiger partial charge in [0.1, 0.15) is 5.69 Å². The number of nitrogens with zero attached hydrogens (tertiary/aromatic N) is 2. The van der Waals surface area contributed by atoms with Gasteiger partial charge in [0.25, 0.3) is 0 Å². The van der Waals surface area contributed by atoms with Crippen LogP contribution in [0.15, 0.2) is 54.7 Å². The van der Waals surface area contributed by atoms with Crippen LogP contribution in [0.2, 0.25) is 0 Å². The van der Waals surface area contributed by atoms with E-state index in [2.05, 4.69) is 4.98 Å². The van der Waals surface area contributed by atoms with Crippen molar-refractivity contribution in [3.8, 4) is 0 Å². The Morgan fingerprint density at radius 3 is 2.38 bits per heavy atom. The van der Waals surface area contributed by atoms with Crippen molar-refractivity contribution in [3.63, 3.8) is 0 Å². The molecule has 0 fully saturated rings. The van der Waals surface area contributed by atoms with E-state index in [0.717, 1.165) is 5.56 Å². The summed E-state index contributed by atoms with van der Waals surface area (Å²) in [6.07, 6.45) is 2.46. The second-order valence-electron chi connectivity index (χ2n) is 5.87. The smallest absolute Gasteiger partial charge is 0.407 e. The fourth-order valence-corrected chi connectivity index (χ4v) is 2.54. The zero-order valence-corrected chi connectivity index (χ0v) is 15.3. The van der Waals surface area contributed by atoms with Gasteiger partial charge in [0.05, 0.1) is 6.04 Å². The summed E-state index contributed by atoms with van der Waals surface area (Å²) in [6.45, 7) is 0.768. The monoisotopic (exact) mass is 377 g/mol. The summed E-state index contributed by atoms with van der Waals surface area (Å²) in [7, 11) is 0. The molecule has 0 saturated carbocycles. The number of ketones is 1. The van der Waals surface area contributed by atoms with Crippen molar-refractivity contribution in [1.82, 2.24) is 9.88 Å². The van der Waals surface area contributed by atoms with Crippen LogP contribution in [0.3, 0.4) is 0 Å². The van der Waals surface area contributed by atoms with Crippen LogP contribution in [0.5, 0.6) is 0 Å². The molecule has 1 aromatic carbocycles. The first-order valence-corrected chi connectivity index (χ1v) is 8.30. The van der Waals surface area contributed by atoms with Crippen molar-refractivity contribution in [2.75, 3.05) is 6.54 Å². The molecule has 1 aromatic heterocycles. The average Bonchev–Trinajstić information content (AvgIpc) is 2.64. The fraction of sp³-hybridized carbons (Fsp3) is 0.316. The Balaban J connectivity index is 0.00000338. The van der Waals surface area contributed by atoms with Gasteiger partial charge in [-0.25, -0.2) is 4.79 Å². The maximum atomic E-state index is 12.1. The number of carboxylic acid groups (broad SMARTS) is 1. The molecule has 0 aliphatic heterocycles. The Kier molecular flexibility index (Phi) is 9.33. The van der Waals surface area contributed by atoms with E-state index in [9.17, 15) is 14.7 Å². The molecule has 0 bridgehead atoms. The summed E-state index contributed by atoms with van der Waals surface area (Å²) < 4.78 is 0. The van der Waals surface area contributed by atoms with Crippen LogP contribution >= 0.6 is 12.4 Å². The zero-order valence-electron chi connectivity index (χ0n) is 14.5. The maximum absolute atomic E-state index is 12.1. The fourth-order valence-electron chi connectivity index (χ4n) is 2.54. The second kappa shape index (κ2) is 11.2. The largest absolute Gasteiger partial charge is 0.465 e. The lowest BCUT2D eigenvalue weighted by molar-refractivity contribution is 0.0949. The molecule has 0 aliphatic rings. The Morgan fingerprint density at radius 2 is 1.77 bits per heavy atom. The van der Waals surface area contributed by atoms with E-state index in [1.165, 1.54) is 4.90 Å². The molecule has 1 amide bonds. The third kappa shape index (κ3) is 6.82. The Hall–Kier alpha value is -2.44. The maximum Gasteiger partial charge on any atom is 0.407 e. The lowest BCUT2D eigenvalue weighted by atomic mass is 10.0. The zero-order chi connectivity index (χ0) is 18.1. The van der Waals surface area contributed by atoms with E-state index in [1.807, 2.05) is 30.3 Å². The van der Waals surface area contributed by atoms with Crippen molar-refractivity contribution < 1.29 is 14.7 Å². The number of hydrogen-bond donors (Lipinski definition) is 2. The molecule has 3 N–H and O–H groups in total. The summed E-state index contributed by atoms with van der Waals surface area (Å²) in [5, 5.41) is 9.32. The Bertz CT molecular complexity index is 683. The third-order valence-corrected chi connectivity index (χ3v) is 3.93. The molecule has 6 nitrogen and oxygen atoms in total. The molecule has 1 heterocycles. The predicted octanol–water partition coefficient (Wildman–Crippen LogP) is 3.36. The highest BCUT2D eigenvalue weighted by Crippen LogP contribution is 2.09. The van der Waals surface area contributed by atoms with Gasteiger partial charge in [-0.1, -0.05) is 36.4 Å². The first kappa shape index (κ1) is 21.6. The molecule has 0 spiro atoms. The van der Waals surface area contributed by atoms with Crippen molar-refractivity contribution >= 4 is 24.3 Å². The van der Waals surface area contributed by atoms with Gasteiger partial charge < -0.3 is 15.7 Å². The van der Waals surface area contributed by atoms with Gasteiger partial charge in [-0.15, -0.1) is 12.4 Å². The summed E-state index contributed by atoms with van der Waals surface area (Å²) >= 11 is 0. The summed E-state index contributed by atoms with van der Waals surface area (Å²) in [6, 6.07) is 14.0. The molecule has 0 saturated heterocycles. The van der Waals surface area contributed by atoms with Gasteiger partial charge >= 0.3 is 6.09 Å². The van der Waals surface area contributed by atoms with Gasteiger partial charge in [0, 0.05) is 19.3 Å². The van der Waals surface area contributed by atoms with Crippen LogP contribution in [0.4, 0.5) is 4.79 Å². The molecule has 2 aromatic rings. The standard InChI is InChI=1S/C19H23N3O3.ClH/c20-16(18(23)17-11-4-6-12-21-17)10-5-7-13-22(19(24)25)14-15-8-2-1-3-9-15;/h1-4,6,8-9,11-12,16H,5,7,10,13-14,20H2,(H,24,25);1H/t16-;/m0./s1. The average molecular weight is 378 g/mol. The van der Waals surface area contributed by atoms with Crippen LogP contribution < -0.4 is 5.73 Å². The van der Waals surface area contributed by atoms with Crippen LogP contribution in [-0.4, -0.2) is 39.5 Å². The van der Waals surface area contributed by atoms with Crippen molar-refractivity contribution in [2.45, 2.75) is 31.8 Å². The van der Waals surface area contributed by atoms with Crippen LogP contribution in [0.1, 0.15) is 35.3 Å². The minimum absolute atomic E-state index is 0. The lowest BCUT2D eigenvalue weighted by Gasteiger charge is -2.19.